The minimum absolute atomic E-state index is 0.302. The number of anilines is 1. The summed E-state index contributed by atoms with van der Waals surface area (Å²) in [6, 6.07) is 8.28. The molecule has 2 aliphatic rings. The zero-order chi connectivity index (χ0) is 20.3. The van der Waals surface area contributed by atoms with Crippen molar-refractivity contribution in [2.24, 2.45) is 4.99 Å². The predicted molar refractivity (Wildman–Crippen MR) is 117 cm³/mol. The largest absolute Gasteiger partial charge is 0.497 e. The summed E-state index contributed by atoms with van der Waals surface area (Å²) in [7, 11) is 1.71. The van der Waals surface area contributed by atoms with Crippen molar-refractivity contribution < 1.29 is 14.2 Å². The predicted octanol–water partition coefficient (Wildman–Crippen LogP) is 2.37. The maximum atomic E-state index is 5.74. The SMILES string of the molecule is CCNC(=NCCCOCC1CCCO1)N1CCN(c2cccc(OC)c2)CC1. The molecule has 1 N–H and O–H groups in total. The lowest BCUT2D eigenvalue weighted by molar-refractivity contribution is 0.0170. The summed E-state index contributed by atoms with van der Waals surface area (Å²) in [4.78, 5) is 9.57. The molecule has 2 heterocycles. The van der Waals surface area contributed by atoms with Gasteiger partial charge in [0.25, 0.3) is 0 Å². The number of ether oxygens (including phenoxy) is 3. The lowest BCUT2D eigenvalue weighted by Gasteiger charge is -2.37. The summed E-state index contributed by atoms with van der Waals surface area (Å²) in [5.41, 5.74) is 1.22. The van der Waals surface area contributed by atoms with Crippen LogP contribution in [0, 0.1) is 0 Å². The first-order valence-corrected chi connectivity index (χ1v) is 10.9. The van der Waals surface area contributed by atoms with Crippen molar-refractivity contribution in [3.8, 4) is 5.75 Å². The molecule has 7 nitrogen and oxygen atoms in total. The van der Waals surface area contributed by atoms with Gasteiger partial charge in [0.1, 0.15) is 5.75 Å². The van der Waals surface area contributed by atoms with E-state index in [9.17, 15) is 0 Å². The fraction of sp³-hybridized carbons (Fsp3) is 0.682. The minimum Gasteiger partial charge on any atom is -0.497 e. The Labute approximate surface area is 175 Å². The molecule has 2 fully saturated rings. The van der Waals surface area contributed by atoms with Gasteiger partial charge in [-0.15, -0.1) is 0 Å². The van der Waals surface area contributed by atoms with Crippen LogP contribution >= 0.6 is 0 Å². The van der Waals surface area contributed by atoms with Crippen LogP contribution in [0.2, 0.25) is 0 Å². The number of benzene rings is 1. The average Bonchev–Trinajstić information content (AvgIpc) is 3.29. The summed E-state index contributed by atoms with van der Waals surface area (Å²) in [5.74, 6) is 1.92. The smallest absolute Gasteiger partial charge is 0.194 e. The van der Waals surface area contributed by atoms with Gasteiger partial charge in [-0.2, -0.15) is 0 Å². The van der Waals surface area contributed by atoms with E-state index >= 15 is 0 Å². The average molecular weight is 405 g/mol. The second kappa shape index (κ2) is 11.9. The number of rotatable bonds is 9. The van der Waals surface area contributed by atoms with E-state index < -0.39 is 0 Å². The van der Waals surface area contributed by atoms with Crippen molar-refractivity contribution >= 4 is 11.6 Å². The number of hydrogen-bond donors (Lipinski definition) is 1. The molecule has 7 heteroatoms. The highest BCUT2D eigenvalue weighted by Gasteiger charge is 2.20. The molecule has 1 atom stereocenters. The van der Waals surface area contributed by atoms with Crippen molar-refractivity contribution in [3.05, 3.63) is 24.3 Å². The third-order valence-electron chi connectivity index (χ3n) is 5.37. The molecule has 0 amide bonds. The lowest BCUT2D eigenvalue weighted by Crippen LogP contribution is -2.52. The van der Waals surface area contributed by atoms with Gasteiger partial charge in [0.05, 0.1) is 19.8 Å². The molecule has 2 saturated heterocycles. The van der Waals surface area contributed by atoms with Gasteiger partial charge in [0, 0.05) is 64.2 Å². The maximum absolute atomic E-state index is 5.74. The molecule has 1 unspecified atom stereocenters. The Bertz CT molecular complexity index is 626. The molecule has 162 valence electrons. The molecule has 0 spiro atoms. The zero-order valence-electron chi connectivity index (χ0n) is 17.9. The highest BCUT2D eigenvalue weighted by atomic mass is 16.5. The normalized spacial score (nSPS) is 20.2. The number of nitrogens with one attached hydrogen (secondary N) is 1. The van der Waals surface area contributed by atoms with Gasteiger partial charge in [-0.25, -0.2) is 0 Å². The summed E-state index contributed by atoms with van der Waals surface area (Å²) in [6.45, 7) is 9.99. The van der Waals surface area contributed by atoms with E-state index in [2.05, 4.69) is 34.2 Å². The molecule has 2 aliphatic heterocycles. The summed E-state index contributed by atoms with van der Waals surface area (Å²) in [6.07, 6.45) is 3.53. The summed E-state index contributed by atoms with van der Waals surface area (Å²) in [5, 5.41) is 3.44. The molecule has 0 saturated carbocycles. The third kappa shape index (κ3) is 6.78. The van der Waals surface area contributed by atoms with Crippen LogP contribution < -0.4 is 15.0 Å². The number of methoxy groups -OCH3 is 1. The minimum atomic E-state index is 0.302. The number of aliphatic imine (C=N–C) groups is 1. The molecule has 0 aromatic heterocycles. The Morgan fingerprint density at radius 3 is 2.86 bits per heavy atom. The second-order valence-corrected chi connectivity index (χ2v) is 7.47. The van der Waals surface area contributed by atoms with E-state index in [0.29, 0.717) is 6.10 Å². The van der Waals surface area contributed by atoms with Gasteiger partial charge in [-0.1, -0.05) is 6.07 Å². The lowest BCUT2D eigenvalue weighted by atomic mass is 10.2. The molecular weight excluding hydrogens is 368 g/mol. The Hall–Kier alpha value is -1.99. The first-order chi connectivity index (χ1) is 14.3. The van der Waals surface area contributed by atoms with Crippen molar-refractivity contribution in [2.45, 2.75) is 32.3 Å². The fourth-order valence-corrected chi connectivity index (χ4v) is 3.75. The number of nitrogens with zero attached hydrogens (tertiary/aromatic N) is 3. The van der Waals surface area contributed by atoms with Crippen LogP contribution in [0.4, 0.5) is 5.69 Å². The van der Waals surface area contributed by atoms with Crippen molar-refractivity contribution in [1.29, 1.82) is 0 Å². The molecular formula is C22H36N4O3. The van der Waals surface area contributed by atoms with E-state index in [1.165, 1.54) is 5.69 Å². The van der Waals surface area contributed by atoms with Crippen LogP contribution in [0.15, 0.2) is 29.3 Å². The van der Waals surface area contributed by atoms with E-state index in [-0.39, 0.29) is 0 Å². The molecule has 1 aromatic rings. The third-order valence-corrected chi connectivity index (χ3v) is 5.37. The van der Waals surface area contributed by atoms with E-state index in [0.717, 1.165) is 90.1 Å². The first-order valence-electron chi connectivity index (χ1n) is 10.9. The van der Waals surface area contributed by atoms with Crippen LogP contribution in [0.3, 0.4) is 0 Å². The Kier molecular flexibility index (Phi) is 8.89. The summed E-state index contributed by atoms with van der Waals surface area (Å²) >= 11 is 0. The Morgan fingerprint density at radius 1 is 1.28 bits per heavy atom. The highest BCUT2D eigenvalue weighted by Crippen LogP contribution is 2.22. The van der Waals surface area contributed by atoms with Gasteiger partial charge in [0.2, 0.25) is 0 Å². The number of piperazine rings is 1. The topological polar surface area (TPSA) is 58.6 Å². The van der Waals surface area contributed by atoms with E-state index in [1.807, 2.05) is 12.1 Å². The molecule has 0 aliphatic carbocycles. The zero-order valence-corrected chi connectivity index (χ0v) is 17.9. The monoisotopic (exact) mass is 404 g/mol. The number of hydrogen-bond acceptors (Lipinski definition) is 5. The molecule has 29 heavy (non-hydrogen) atoms. The van der Waals surface area contributed by atoms with Crippen LogP contribution in [0.1, 0.15) is 26.2 Å². The molecule has 0 radical (unpaired) electrons. The van der Waals surface area contributed by atoms with Gasteiger partial charge >= 0.3 is 0 Å². The van der Waals surface area contributed by atoms with E-state index in [1.54, 1.807) is 7.11 Å². The van der Waals surface area contributed by atoms with Gasteiger partial charge in [0.15, 0.2) is 5.96 Å². The maximum Gasteiger partial charge on any atom is 0.194 e. The molecule has 1 aromatic carbocycles. The van der Waals surface area contributed by atoms with Crippen LogP contribution in [0.5, 0.6) is 5.75 Å². The molecule has 0 bridgehead atoms. The van der Waals surface area contributed by atoms with Crippen molar-refractivity contribution in [3.63, 3.8) is 0 Å². The first kappa shape index (κ1) is 21.7. The quantitative estimate of drug-likeness (QED) is 0.387. The molecule has 3 rings (SSSR count). The highest BCUT2D eigenvalue weighted by molar-refractivity contribution is 5.80. The van der Waals surface area contributed by atoms with Gasteiger partial charge in [-0.3, -0.25) is 4.99 Å². The van der Waals surface area contributed by atoms with Crippen LogP contribution in [-0.4, -0.2) is 83.2 Å². The van der Waals surface area contributed by atoms with Crippen LogP contribution in [0.25, 0.3) is 0 Å². The Balaban J connectivity index is 1.41. The van der Waals surface area contributed by atoms with Crippen molar-refractivity contribution in [2.75, 3.05) is 71.1 Å². The van der Waals surface area contributed by atoms with Crippen molar-refractivity contribution in [1.82, 2.24) is 10.2 Å². The van der Waals surface area contributed by atoms with Crippen LogP contribution in [-0.2, 0) is 9.47 Å². The summed E-state index contributed by atoms with van der Waals surface area (Å²) < 4.78 is 16.7. The number of guanidine groups is 1. The fourth-order valence-electron chi connectivity index (χ4n) is 3.75. The second-order valence-electron chi connectivity index (χ2n) is 7.47. The van der Waals surface area contributed by atoms with E-state index in [4.69, 9.17) is 19.2 Å². The standard InChI is InChI=1S/C22H36N4O3/c1-3-23-22(24-10-6-15-28-18-21-9-5-16-29-21)26-13-11-25(12-14-26)19-7-4-8-20(17-19)27-2/h4,7-8,17,21H,3,5-6,9-16,18H2,1-2H3,(H,23,24). The van der Waals surface area contributed by atoms with Gasteiger partial charge in [-0.05, 0) is 38.3 Å². The Morgan fingerprint density at radius 2 is 2.14 bits per heavy atom. The van der Waals surface area contributed by atoms with Gasteiger partial charge < -0.3 is 29.3 Å².